The van der Waals surface area contributed by atoms with E-state index < -0.39 is 29.0 Å². The molecule has 0 aliphatic heterocycles. The molecular weight excluding hydrogens is 500 g/mol. The molecule has 2 atom stereocenters. The number of aromatic nitrogens is 1. The van der Waals surface area contributed by atoms with Gasteiger partial charge in [0.05, 0.1) is 21.5 Å². The van der Waals surface area contributed by atoms with Crippen molar-refractivity contribution in [2.24, 2.45) is 0 Å². The number of hydrogen-bond donors (Lipinski definition) is 3. The maximum absolute atomic E-state index is 13.3. The molecule has 2 heterocycles. The molecule has 2 amide bonds. The van der Waals surface area contributed by atoms with Crippen LogP contribution < -0.4 is 10.6 Å². The maximum atomic E-state index is 13.3. The van der Waals surface area contributed by atoms with Crippen LogP contribution in [0.25, 0.3) is 9.88 Å². The fraction of sp³-hybridized carbons (Fsp3) is 0.160. The van der Waals surface area contributed by atoms with Crippen LogP contribution in [0.3, 0.4) is 0 Å². The predicted octanol–water partition coefficient (Wildman–Crippen LogP) is 5.06. The highest BCUT2D eigenvalue weighted by molar-refractivity contribution is 7.20. The number of carboxylic acid groups (broad SMARTS) is 1. The van der Waals surface area contributed by atoms with Crippen LogP contribution in [-0.2, 0) is 17.6 Å². The molecule has 0 saturated heterocycles. The Kier molecular flexibility index (Phi) is 8.03. The summed E-state index contributed by atoms with van der Waals surface area (Å²) in [6.45, 7) is 0. The molecule has 0 aliphatic carbocycles. The first-order valence-corrected chi connectivity index (χ1v) is 12.7. The zero-order chi connectivity index (χ0) is 25.5. The van der Waals surface area contributed by atoms with E-state index >= 15 is 0 Å². The Morgan fingerprint density at radius 3 is 2.31 bits per heavy atom. The van der Waals surface area contributed by atoms with Crippen molar-refractivity contribution >= 4 is 40.4 Å². The van der Waals surface area contributed by atoms with Gasteiger partial charge in [0.1, 0.15) is 11.0 Å². The van der Waals surface area contributed by atoms with Gasteiger partial charge in [0, 0.05) is 23.9 Å². The van der Waals surface area contributed by atoms with E-state index in [1.807, 2.05) is 53.2 Å². The van der Waals surface area contributed by atoms with Gasteiger partial charge in [0.2, 0.25) is 5.91 Å². The van der Waals surface area contributed by atoms with E-state index in [2.05, 4.69) is 10.6 Å². The number of benzene rings is 2. The fourth-order valence-corrected chi connectivity index (χ4v) is 5.35. The number of amides is 2. The average Bonchev–Trinajstić information content (AvgIpc) is 3.56. The quantitative estimate of drug-likeness (QED) is 0.197. The lowest BCUT2D eigenvalue weighted by Crippen LogP contribution is -2.48. The third-order valence-electron chi connectivity index (χ3n) is 5.41. The second-order valence-electron chi connectivity index (χ2n) is 7.94. The van der Waals surface area contributed by atoms with Crippen molar-refractivity contribution in [2.45, 2.75) is 24.9 Å². The number of nitro groups is 1. The molecule has 4 aromatic rings. The van der Waals surface area contributed by atoms with Crippen molar-refractivity contribution < 1.29 is 19.6 Å². The first-order valence-electron chi connectivity index (χ1n) is 11.0. The van der Waals surface area contributed by atoms with Crippen LogP contribution in [0.2, 0.25) is 0 Å². The molecule has 0 spiro atoms. The molecule has 184 valence electrons. The molecule has 36 heavy (non-hydrogen) atoms. The van der Waals surface area contributed by atoms with Crippen LogP contribution in [0.15, 0.2) is 77.5 Å². The number of carbonyl (C=O) groups is 2. The summed E-state index contributed by atoms with van der Waals surface area (Å²) in [6.07, 6.45) is -0.796. The normalized spacial score (nSPS) is 12.4. The van der Waals surface area contributed by atoms with Crippen molar-refractivity contribution in [1.29, 1.82) is 0 Å². The van der Waals surface area contributed by atoms with E-state index in [4.69, 9.17) is 4.98 Å². The summed E-state index contributed by atoms with van der Waals surface area (Å²) >= 11 is 3.01. The summed E-state index contributed by atoms with van der Waals surface area (Å²) in [4.78, 5) is 41.0. The van der Waals surface area contributed by atoms with Gasteiger partial charge >= 0.3 is 6.09 Å². The number of nitrogens with one attached hydrogen (secondary N) is 2. The highest BCUT2D eigenvalue weighted by Crippen LogP contribution is 2.31. The third-order valence-corrected chi connectivity index (χ3v) is 7.31. The summed E-state index contributed by atoms with van der Waals surface area (Å²) in [5.74, 6) is -0.487. The third kappa shape index (κ3) is 6.52. The van der Waals surface area contributed by atoms with Gasteiger partial charge in [0.15, 0.2) is 0 Å². The van der Waals surface area contributed by atoms with Gasteiger partial charge in [-0.15, -0.1) is 22.7 Å². The van der Waals surface area contributed by atoms with Crippen LogP contribution in [0.5, 0.6) is 0 Å². The molecule has 0 aliphatic rings. The summed E-state index contributed by atoms with van der Waals surface area (Å²) < 4.78 is 0. The summed E-state index contributed by atoms with van der Waals surface area (Å²) in [5.41, 5.74) is 2.18. The minimum atomic E-state index is -1.30. The first kappa shape index (κ1) is 25.0. The Morgan fingerprint density at radius 2 is 1.67 bits per heavy atom. The van der Waals surface area contributed by atoms with Crippen molar-refractivity contribution in [3.63, 3.8) is 0 Å². The van der Waals surface area contributed by atoms with Gasteiger partial charge in [-0.2, -0.15) is 0 Å². The Morgan fingerprint density at radius 1 is 0.944 bits per heavy atom. The van der Waals surface area contributed by atoms with Crippen LogP contribution >= 0.6 is 22.7 Å². The molecule has 9 nitrogen and oxygen atoms in total. The second-order valence-corrected chi connectivity index (χ2v) is 9.74. The van der Waals surface area contributed by atoms with Crippen molar-refractivity contribution in [1.82, 2.24) is 15.6 Å². The molecule has 2 aromatic heterocycles. The lowest BCUT2D eigenvalue weighted by Gasteiger charge is -2.22. The van der Waals surface area contributed by atoms with Gasteiger partial charge in [0.25, 0.3) is 5.69 Å². The zero-order valence-corrected chi connectivity index (χ0v) is 20.5. The van der Waals surface area contributed by atoms with Gasteiger partial charge in [-0.3, -0.25) is 14.9 Å². The minimum Gasteiger partial charge on any atom is -0.465 e. The van der Waals surface area contributed by atoms with Gasteiger partial charge in [-0.1, -0.05) is 48.5 Å². The molecule has 2 aromatic carbocycles. The SMILES string of the molecule is O=C(O)NC(Cc1ccccc1)C(=O)NC(Cc1ccc([N+](=O)[O-])cc1)c1csc(-c2cccs2)n1. The van der Waals surface area contributed by atoms with E-state index in [0.29, 0.717) is 12.1 Å². The van der Waals surface area contributed by atoms with Crippen LogP contribution in [0.4, 0.5) is 10.5 Å². The number of carbonyl (C=O) groups excluding carboxylic acids is 1. The molecule has 0 radical (unpaired) electrons. The number of nitrogens with zero attached hydrogens (tertiary/aromatic N) is 2. The number of nitro benzene ring substituents is 1. The molecule has 2 unspecified atom stereocenters. The Hall–Kier alpha value is -4.09. The van der Waals surface area contributed by atoms with Crippen molar-refractivity contribution in [3.05, 3.63) is 104 Å². The van der Waals surface area contributed by atoms with Gasteiger partial charge in [-0.05, 0) is 29.0 Å². The zero-order valence-electron chi connectivity index (χ0n) is 18.9. The standard InChI is InChI=1S/C25H22N4O5S2/c30-23(20(28-25(31)32)14-16-5-2-1-3-6-16)26-19(13-17-8-10-18(11-9-17)29(33)34)21-15-36-24(27-21)22-7-4-12-35-22/h1-12,15,19-20,28H,13-14H2,(H,26,30)(H,31,32). The summed E-state index contributed by atoms with van der Waals surface area (Å²) in [7, 11) is 0. The van der Waals surface area contributed by atoms with E-state index in [1.165, 1.54) is 23.5 Å². The van der Waals surface area contributed by atoms with Gasteiger partial charge in [-0.25, -0.2) is 9.78 Å². The second kappa shape index (κ2) is 11.6. The monoisotopic (exact) mass is 522 g/mol. The lowest BCUT2D eigenvalue weighted by molar-refractivity contribution is -0.384. The Balaban J connectivity index is 1.59. The van der Waals surface area contributed by atoms with E-state index in [9.17, 15) is 24.8 Å². The fourth-order valence-electron chi connectivity index (χ4n) is 3.66. The molecular formula is C25H22N4O5S2. The van der Waals surface area contributed by atoms with Crippen molar-refractivity contribution in [2.75, 3.05) is 0 Å². The van der Waals surface area contributed by atoms with E-state index in [-0.39, 0.29) is 12.1 Å². The van der Waals surface area contributed by atoms with E-state index in [1.54, 1.807) is 23.5 Å². The summed E-state index contributed by atoms with van der Waals surface area (Å²) in [5, 5.41) is 30.2. The number of non-ortho nitro benzene ring substituents is 1. The number of thiazole rings is 1. The van der Waals surface area contributed by atoms with Crippen LogP contribution in [0.1, 0.15) is 22.9 Å². The predicted molar refractivity (Wildman–Crippen MR) is 138 cm³/mol. The number of thiophene rings is 1. The molecule has 0 bridgehead atoms. The maximum Gasteiger partial charge on any atom is 0.405 e. The molecule has 11 heteroatoms. The molecule has 0 saturated carbocycles. The largest absolute Gasteiger partial charge is 0.465 e. The molecule has 3 N–H and O–H groups in total. The minimum absolute atomic E-state index is 0.0263. The van der Waals surface area contributed by atoms with Crippen molar-refractivity contribution in [3.8, 4) is 9.88 Å². The Bertz CT molecular complexity index is 1320. The smallest absolute Gasteiger partial charge is 0.405 e. The lowest BCUT2D eigenvalue weighted by atomic mass is 10.0. The average molecular weight is 523 g/mol. The summed E-state index contributed by atoms with van der Waals surface area (Å²) in [6, 6.07) is 17.6. The highest BCUT2D eigenvalue weighted by Gasteiger charge is 2.26. The number of rotatable bonds is 10. The van der Waals surface area contributed by atoms with Crippen LogP contribution in [0, 0.1) is 10.1 Å². The Labute approximate surface area is 214 Å². The van der Waals surface area contributed by atoms with Gasteiger partial charge < -0.3 is 15.7 Å². The highest BCUT2D eigenvalue weighted by atomic mass is 32.1. The number of hydrogen-bond acceptors (Lipinski definition) is 7. The van der Waals surface area contributed by atoms with Crippen LogP contribution in [-0.4, -0.2) is 33.1 Å². The van der Waals surface area contributed by atoms with E-state index in [0.717, 1.165) is 21.0 Å². The first-order chi connectivity index (χ1) is 17.4. The topological polar surface area (TPSA) is 134 Å². The molecule has 4 rings (SSSR count). The molecule has 0 fully saturated rings.